The summed E-state index contributed by atoms with van der Waals surface area (Å²) in [5, 5.41) is 29.6. The van der Waals surface area contributed by atoms with Gasteiger partial charge >= 0.3 is 11.9 Å². The first-order chi connectivity index (χ1) is 49.2. The number of amides is 2. The smallest absolute Gasteiger partial charge is 0.338 e. The molecular formula is C87H152N4O13S2Y2. The summed E-state index contributed by atoms with van der Waals surface area (Å²) in [4.78, 5) is 64.8. The number of hydrogen-bond acceptors (Lipinski definition) is 16. The number of nitrogens with zero attached hydrogens (tertiary/aromatic N) is 2. The van der Waals surface area contributed by atoms with Crippen LogP contribution in [-0.4, -0.2) is 98.8 Å². The number of hydrogen-bond donors (Lipinski definition) is 4. The van der Waals surface area contributed by atoms with Gasteiger partial charge in [-0.05, 0) is 248 Å². The van der Waals surface area contributed by atoms with Gasteiger partial charge in [0.25, 0.3) is 12.4 Å². The van der Waals surface area contributed by atoms with Crippen molar-refractivity contribution in [3.8, 4) is 11.5 Å². The van der Waals surface area contributed by atoms with E-state index in [1.807, 2.05) is 27.7 Å². The number of aliphatic carboxylic acids is 1. The third-order valence-electron chi connectivity index (χ3n) is 20.2. The van der Waals surface area contributed by atoms with Crippen molar-refractivity contribution >= 4 is 83.7 Å². The number of rotatable bonds is 18. The first-order valence-corrected chi connectivity index (χ1v) is 38.8. The molecule has 14 unspecified atom stereocenters. The molecule has 0 heterocycles. The molecule has 5 aliphatic carbocycles. The third-order valence-corrected chi connectivity index (χ3v) is 20.2. The van der Waals surface area contributed by atoms with Gasteiger partial charge < -0.3 is 34.7 Å². The standard InChI is InChI=1S/C28H50O2.C22H22N2O5.C10H20.C9H12.2C3H7NO.2C2H4O2.2C2H6.2CH2S.2CH4.2Y.H2/c1-18(2)7-6-8-19(3)26-13-14-27-25-12-10-22-17-21(20(4)30-29)9-11-23(22)24(25)15-16-28(26,27)5;1-15(2)21(25)28-14-13-27-19-9-5-17(6-10-19)23-24-18-7-11-20(12-8-18)29-22(26)16(3)4;1-5-10-8(3)6-7(2)9(10)4;1-7-4-8(2)6-9(3)5-7;2*1-3(5)4-2;1-4-2-3;1-2(3)4;4*1-2;;;;;/h18-27,29H,6-17H2,1-5H3;5-12H,1,3,13-14H2,2,4H3;7-10H,5-6H2,1-4H3;4-6H,1-3H3;2*1-2H3,(H,4,5);2H,1H3;1H3,(H,3,4);2*1-2H3;2*1H2;2*1H4;;;1H. The summed E-state index contributed by atoms with van der Waals surface area (Å²) in [5.41, 5.74) is 6.62. The molecule has 0 aliphatic heterocycles. The van der Waals surface area contributed by atoms with Crippen molar-refractivity contribution in [3.05, 3.63) is 108 Å². The number of carboxylic acid groups (broad SMARTS) is 1. The van der Waals surface area contributed by atoms with Crippen molar-refractivity contribution in [2.45, 2.75) is 256 Å². The number of ether oxygens (including phenoxy) is 4. The maximum Gasteiger partial charge on any atom is 0.338 e. The fraction of sp³-hybridized carbons (Fsp3) is 0.655. The van der Waals surface area contributed by atoms with Gasteiger partial charge in [-0.1, -0.05) is 196 Å². The van der Waals surface area contributed by atoms with Crippen molar-refractivity contribution in [1.82, 2.24) is 10.6 Å². The maximum absolute atomic E-state index is 11.5. The van der Waals surface area contributed by atoms with Gasteiger partial charge in [0.15, 0.2) is 0 Å². The van der Waals surface area contributed by atoms with E-state index in [1.165, 1.54) is 128 Å². The van der Waals surface area contributed by atoms with E-state index in [1.54, 1.807) is 76.5 Å². The second kappa shape index (κ2) is 70.5. The molecule has 616 valence electrons. The Balaban J connectivity index is -0.000000165. The molecule has 108 heavy (non-hydrogen) atoms. The van der Waals surface area contributed by atoms with Crippen LogP contribution in [0.2, 0.25) is 0 Å². The van der Waals surface area contributed by atoms with Crippen LogP contribution in [-0.2, 0) is 109 Å². The minimum absolute atomic E-state index is 0. The van der Waals surface area contributed by atoms with Gasteiger partial charge in [0, 0.05) is 113 Å². The number of carboxylic acids is 1. The molecule has 0 bridgehead atoms. The van der Waals surface area contributed by atoms with Gasteiger partial charge in [-0.25, -0.2) is 14.5 Å². The molecule has 21 heteroatoms. The number of thiocarbonyl (C=S) groups is 2. The Morgan fingerprint density at radius 1 is 0.657 bits per heavy atom. The van der Waals surface area contributed by atoms with E-state index in [0.29, 0.717) is 51.8 Å². The second-order valence-corrected chi connectivity index (χ2v) is 28.2. The van der Waals surface area contributed by atoms with Crippen LogP contribution in [0, 0.1) is 103 Å². The summed E-state index contributed by atoms with van der Waals surface area (Å²) < 4.78 is 19.4. The average molecular weight is 1700 g/mol. The van der Waals surface area contributed by atoms with Crippen LogP contribution in [0.15, 0.2) is 101 Å². The molecule has 3 aromatic rings. The van der Waals surface area contributed by atoms with Crippen LogP contribution in [0.5, 0.6) is 11.5 Å². The molecule has 0 spiro atoms. The zero-order valence-electron chi connectivity index (χ0n) is 69.9. The Labute approximate surface area is 720 Å². The van der Waals surface area contributed by atoms with Gasteiger partial charge in [-0.2, -0.15) is 10.2 Å². The summed E-state index contributed by atoms with van der Waals surface area (Å²) in [6.45, 7) is 51.0. The normalized spacial score (nSPS) is 21.9. The number of aryl methyl sites for hydroxylation is 3. The Hall–Kier alpha value is -4.33. The Bertz CT molecular complexity index is 2830. The quantitative estimate of drug-likeness (QED) is 0.0107. The molecular weight excluding hydrogens is 1550 g/mol. The van der Waals surface area contributed by atoms with E-state index in [4.69, 9.17) is 39.1 Å². The number of carbonyl (C=O) groups excluding carboxylic acids is 5. The Morgan fingerprint density at radius 2 is 1.09 bits per heavy atom. The molecule has 5 saturated carbocycles. The topological polar surface area (TPSA) is 238 Å². The van der Waals surface area contributed by atoms with Gasteiger partial charge in [-0.3, -0.25) is 24.4 Å². The van der Waals surface area contributed by atoms with Crippen LogP contribution >= 0.6 is 24.4 Å². The molecule has 3 aromatic carbocycles. The van der Waals surface area contributed by atoms with Crippen LogP contribution < -0.4 is 20.1 Å². The van der Waals surface area contributed by atoms with E-state index in [0.717, 1.165) is 77.9 Å². The Kier molecular flexibility index (Phi) is 78.0. The minimum Gasteiger partial charge on any atom is -0.490 e. The fourth-order valence-electron chi connectivity index (χ4n) is 15.2. The second-order valence-electron chi connectivity index (χ2n) is 28.2. The number of nitrogens with one attached hydrogen (secondary N) is 2. The van der Waals surface area contributed by atoms with E-state index in [9.17, 15) is 19.2 Å². The van der Waals surface area contributed by atoms with Crippen LogP contribution in [0.1, 0.15) is 247 Å². The molecule has 4 N–H and O–H groups in total. The van der Waals surface area contributed by atoms with Crippen molar-refractivity contribution in [2.24, 2.45) is 92.6 Å². The summed E-state index contributed by atoms with van der Waals surface area (Å²) in [7, 11) is 4.51. The maximum atomic E-state index is 11.5. The molecule has 0 saturated heterocycles. The van der Waals surface area contributed by atoms with Gasteiger partial charge in [0.05, 0.1) is 24.6 Å². The van der Waals surface area contributed by atoms with Gasteiger partial charge in [0.1, 0.15) is 24.7 Å². The number of benzene rings is 3. The number of esters is 2. The van der Waals surface area contributed by atoms with Crippen molar-refractivity contribution in [3.63, 3.8) is 0 Å². The SMILES string of the molecule is C.C.C=C(C)C(=O)OCCOc1ccc(N=Nc2ccc(OC(=O)C(=C)C)cc2)cc1.C=S.C=S.CC.CC.CC(=O)O.CC(C)CCCC(C)C1CCC2C3CCC4CC(C(C)OO)CCC4C3CCC12C.CCC1C(C)CC(C)C1C.CNC(C)=O.CNC(C)=O.COC=O.Cc1cc(C)cc(C)c1.[HH].[Y].[Y]. The summed E-state index contributed by atoms with van der Waals surface area (Å²) in [6, 6.07) is 20.2. The predicted molar refractivity (Wildman–Crippen MR) is 454 cm³/mol. The molecule has 8 rings (SSSR count). The summed E-state index contributed by atoms with van der Waals surface area (Å²) in [6.07, 6.45) is 20.1. The minimum atomic E-state index is -0.833. The number of methoxy groups -OCH3 is 1. The van der Waals surface area contributed by atoms with Crippen molar-refractivity contribution in [1.29, 1.82) is 0 Å². The van der Waals surface area contributed by atoms with Crippen molar-refractivity contribution < 1.29 is 130 Å². The number of azo groups is 1. The third kappa shape index (κ3) is 49.9. The number of fused-ring (bicyclic) bond motifs is 5. The van der Waals surface area contributed by atoms with Crippen LogP contribution in [0.4, 0.5) is 11.4 Å². The molecule has 5 fully saturated rings. The van der Waals surface area contributed by atoms with Crippen LogP contribution in [0.25, 0.3) is 0 Å². The zero-order valence-corrected chi connectivity index (χ0v) is 77.2. The average Bonchev–Trinajstić information content (AvgIpc) is 1.65. The Morgan fingerprint density at radius 3 is 1.46 bits per heavy atom. The molecule has 14 atom stereocenters. The molecule has 5 aliphatic rings. The van der Waals surface area contributed by atoms with Crippen LogP contribution in [0.3, 0.4) is 0 Å². The molecule has 0 aromatic heterocycles. The summed E-state index contributed by atoms with van der Waals surface area (Å²) in [5.74, 6) is 17.1. The van der Waals surface area contributed by atoms with E-state index < -0.39 is 17.9 Å². The van der Waals surface area contributed by atoms with E-state index in [-0.39, 0.29) is 113 Å². The molecule has 2 amide bonds. The monoisotopic (exact) mass is 1700 g/mol. The zero-order chi connectivity index (χ0) is 80.8. The van der Waals surface area contributed by atoms with E-state index >= 15 is 0 Å². The molecule has 17 nitrogen and oxygen atoms in total. The van der Waals surface area contributed by atoms with Gasteiger partial charge in [0.2, 0.25) is 11.8 Å². The number of carbonyl (C=O) groups is 6. The van der Waals surface area contributed by atoms with Crippen molar-refractivity contribution in [2.75, 3.05) is 34.4 Å². The van der Waals surface area contributed by atoms with E-state index in [2.05, 4.69) is 176 Å². The first kappa shape index (κ1) is 119. The largest absolute Gasteiger partial charge is 0.490 e. The predicted octanol–water partition coefficient (Wildman–Crippen LogP) is 23.4. The van der Waals surface area contributed by atoms with Gasteiger partial charge in [-0.15, -0.1) is 0 Å². The summed E-state index contributed by atoms with van der Waals surface area (Å²) >= 11 is 7.67. The molecule has 2 radical (unpaired) electrons. The fourth-order valence-corrected chi connectivity index (χ4v) is 15.2. The first-order valence-electron chi connectivity index (χ1n) is 37.6.